The molecule has 6 nitrogen and oxygen atoms in total. The monoisotopic (exact) mass is 355 g/mol. The number of aromatic nitrogens is 3. The van der Waals surface area contributed by atoms with Crippen molar-refractivity contribution in [3.05, 3.63) is 48.0 Å². The maximum Gasteiger partial charge on any atom is 0.0594 e. The van der Waals surface area contributed by atoms with Gasteiger partial charge >= 0.3 is 0 Å². The summed E-state index contributed by atoms with van der Waals surface area (Å²) in [5.41, 5.74) is 2.64. The van der Waals surface area contributed by atoms with E-state index in [9.17, 15) is 0 Å². The predicted molar refractivity (Wildman–Crippen MR) is 101 cm³/mol. The minimum atomic E-state index is 0.516. The Morgan fingerprint density at radius 3 is 2.77 bits per heavy atom. The van der Waals surface area contributed by atoms with Crippen molar-refractivity contribution < 1.29 is 4.74 Å². The van der Waals surface area contributed by atoms with Crippen molar-refractivity contribution in [3.63, 3.8) is 0 Å². The quantitative estimate of drug-likeness (QED) is 0.791. The largest absolute Gasteiger partial charge is 0.379 e. The topological polar surface area (TPSA) is 46.4 Å². The number of aryl methyl sites for hydroxylation is 1. The number of hydrogen-bond acceptors (Lipinski definition) is 5. The average Bonchev–Trinajstić information content (AvgIpc) is 3.31. The molecule has 0 unspecified atom stereocenters. The average molecular weight is 355 g/mol. The highest BCUT2D eigenvalue weighted by atomic mass is 16.5. The van der Waals surface area contributed by atoms with Crippen molar-refractivity contribution in [1.29, 1.82) is 0 Å². The molecule has 0 spiro atoms. The van der Waals surface area contributed by atoms with Crippen LogP contribution in [-0.4, -0.2) is 69.5 Å². The molecule has 2 aromatic rings. The highest BCUT2D eigenvalue weighted by Crippen LogP contribution is 2.28. The second-order valence-corrected chi connectivity index (χ2v) is 7.31. The molecule has 0 N–H and O–H groups in total. The first-order chi connectivity index (χ1) is 12.8. The number of ether oxygens (including phenoxy) is 1. The zero-order valence-corrected chi connectivity index (χ0v) is 15.6. The third kappa shape index (κ3) is 3.98. The van der Waals surface area contributed by atoms with Crippen LogP contribution >= 0.6 is 0 Å². The van der Waals surface area contributed by atoms with Gasteiger partial charge in [0.1, 0.15) is 0 Å². The molecule has 0 bridgehead atoms. The van der Waals surface area contributed by atoms with Crippen LogP contribution in [0.4, 0.5) is 0 Å². The number of morpholine rings is 1. The van der Waals surface area contributed by atoms with E-state index in [0.29, 0.717) is 12.1 Å². The standard InChI is InChI=1S/C20H29N5O/c1-2-25-16-18(14-22-25)15-24-7-5-19(23-8-10-26-11-9-23)20(24)12-17-4-3-6-21-13-17/h3-4,6,13-14,16,19-20H,2,5,7-12,15H2,1H3/t19-,20+/m1/s1. The Morgan fingerprint density at radius 1 is 1.15 bits per heavy atom. The SMILES string of the molecule is CCn1cc(CN2CC[C@@H](N3CCOCC3)[C@@H]2Cc2cccnc2)cn1. The van der Waals surface area contributed by atoms with Crippen LogP contribution < -0.4 is 0 Å². The lowest BCUT2D eigenvalue weighted by molar-refractivity contribution is 0.00788. The van der Waals surface area contributed by atoms with Gasteiger partial charge in [0.25, 0.3) is 0 Å². The van der Waals surface area contributed by atoms with Crippen molar-refractivity contribution >= 4 is 0 Å². The molecule has 2 aliphatic rings. The van der Waals surface area contributed by atoms with Gasteiger partial charge in [0, 0.05) is 69.0 Å². The van der Waals surface area contributed by atoms with Crippen molar-refractivity contribution in [2.45, 2.75) is 44.9 Å². The Labute approximate surface area is 155 Å². The van der Waals surface area contributed by atoms with Gasteiger partial charge in [-0.3, -0.25) is 19.5 Å². The summed E-state index contributed by atoms with van der Waals surface area (Å²) in [6.45, 7) is 9.00. The van der Waals surface area contributed by atoms with E-state index in [0.717, 1.165) is 52.4 Å². The summed E-state index contributed by atoms with van der Waals surface area (Å²) in [4.78, 5) is 9.60. The van der Waals surface area contributed by atoms with Crippen LogP contribution in [0.15, 0.2) is 36.9 Å². The molecule has 140 valence electrons. The van der Waals surface area contributed by atoms with E-state index in [-0.39, 0.29) is 0 Å². The van der Waals surface area contributed by atoms with Crippen molar-refractivity contribution in [2.75, 3.05) is 32.8 Å². The van der Waals surface area contributed by atoms with Crippen molar-refractivity contribution in [2.24, 2.45) is 0 Å². The Kier molecular flexibility index (Phi) is 5.62. The van der Waals surface area contributed by atoms with Crippen molar-refractivity contribution in [3.8, 4) is 0 Å². The Balaban J connectivity index is 1.51. The summed E-state index contributed by atoms with van der Waals surface area (Å²) in [5.74, 6) is 0. The van der Waals surface area contributed by atoms with Gasteiger partial charge in [0.15, 0.2) is 0 Å². The van der Waals surface area contributed by atoms with Crippen LogP contribution in [0.1, 0.15) is 24.5 Å². The molecular formula is C20H29N5O. The maximum absolute atomic E-state index is 5.57. The minimum absolute atomic E-state index is 0.516. The lowest BCUT2D eigenvalue weighted by Crippen LogP contribution is -2.50. The van der Waals surface area contributed by atoms with Crippen molar-refractivity contribution in [1.82, 2.24) is 24.6 Å². The molecule has 0 saturated carbocycles. The normalized spacial score (nSPS) is 25.0. The smallest absolute Gasteiger partial charge is 0.0594 e. The molecule has 0 aliphatic carbocycles. The number of pyridine rings is 1. The Hall–Kier alpha value is -1.76. The molecule has 2 saturated heterocycles. The number of hydrogen-bond donors (Lipinski definition) is 0. The molecule has 0 radical (unpaired) electrons. The molecule has 4 rings (SSSR count). The number of rotatable bonds is 6. The zero-order valence-electron chi connectivity index (χ0n) is 15.6. The Morgan fingerprint density at radius 2 is 2.04 bits per heavy atom. The molecule has 0 aromatic carbocycles. The van der Waals surface area contributed by atoms with E-state index in [1.807, 2.05) is 29.3 Å². The molecule has 4 heterocycles. The zero-order chi connectivity index (χ0) is 17.8. The summed E-state index contributed by atoms with van der Waals surface area (Å²) < 4.78 is 7.59. The van der Waals surface area contributed by atoms with Crippen LogP contribution in [0.2, 0.25) is 0 Å². The highest BCUT2D eigenvalue weighted by Gasteiger charge is 2.38. The molecule has 2 atom stereocenters. The van der Waals surface area contributed by atoms with E-state index in [1.54, 1.807) is 0 Å². The van der Waals surface area contributed by atoms with Crippen LogP contribution in [-0.2, 0) is 24.2 Å². The van der Waals surface area contributed by atoms with Crippen LogP contribution in [0.5, 0.6) is 0 Å². The second-order valence-electron chi connectivity index (χ2n) is 7.31. The van der Waals surface area contributed by atoms with E-state index in [2.05, 4.69) is 39.1 Å². The summed E-state index contributed by atoms with van der Waals surface area (Å²) in [6, 6.07) is 5.36. The van der Waals surface area contributed by atoms with Gasteiger partial charge in [0.2, 0.25) is 0 Å². The van der Waals surface area contributed by atoms with Gasteiger partial charge in [-0.2, -0.15) is 5.10 Å². The predicted octanol–water partition coefficient (Wildman–Crippen LogP) is 1.82. The third-order valence-electron chi connectivity index (χ3n) is 5.70. The molecule has 26 heavy (non-hydrogen) atoms. The van der Waals surface area contributed by atoms with E-state index >= 15 is 0 Å². The lowest BCUT2D eigenvalue weighted by atomic mass is 9.99. The van der Waals surface area contributed by atoms with Gasteiger partial charge < -0.3 is 4.74 Å². The van der Waals surface area contributed by atoms with Gasteiger partial charge in [-0.25, -0.2) is 0 Å². The van der Waals surface area contributed by atoms with Gasteiger partial charge in [0.05, 0.1) is 19.4 Å². The van der Waals surface area contributed by atoms with E-state index in [4.69, 9.17) is 4.74 Å². The second kappa shape index (κ2) is 8.29. The minimum Gasteiger partial charge on any atom is -0.379 e. The molecule has 2 aromatic heterocycles. The lowest BCUT2D eigenvalue weighted by Gasteiger charge is -2.37. The summed E-state index contributed by atoms with van der Waals surface area (Å²) in [5, 5.41) is 4.45. The Bertz CT molecular complexity index is 683. The fraction of sp³-hybridized carbons (Fsp3) is 0.600. The fourth-order valence-electron chi connectivity index (χ4n) is 4.35. The summed E-state index contributed by atoms with van der Waals surface area (Å²) in [6.07, 6.45) is 10.4. The number of nitrogens with zero attached hydrogens (tertiary/aromatic N) is 5. The highest BCUT2D eigenvalue weighted by molar-refractivity contribution is 5.14. The molecule has 2 aliphatic heterocycles. The summed E-state index contributed by atoms with van der Waals surface area (Å²) >= 11 is 0. The van der Waals surface area contributed by atoms with E-state index < -0.39 is 0 Å². The van der Waals surface area contributed by atoms with E-state index in [1.165, 1.54) is 17.5 Å². The summed E-state index contributed by atoms with van der Waals surface area (Å²) in [7, 11) is 0. The number of likely N-dealkylation sites (tertiary alicyclic amines) is 1. The first kappa shape index (κ1) is 17.6. The third-order valence-corrected chi connectivity index (χ3v) is 5.70. The molecule has 2 fully saturated rings. The van der Waals surface area contributed by atoms with Gasteiger partial charge in [-0.15, -0.1) is 0 Å². The first-order valence-corrected chi connectivity index (χ1v) is 9.79. The van der Waals surface area contributed by atoms with Crippen LogP contribution in [0, 0.1) is 0 Å². The van der Waals surface area contributed by atoms with Crippen LogP contribution in [0.25, 0.3) is 0 Å². The molecular weight excluding hydrogens is 326 g/mol. The van der Waals surface area contributed by atoms with Gasteiger partial charge in [-0.1, -0.05) is 6.07 Å². The maximum atomic E-state index is 5.57. The molecule has 6 heteroatoms. The van der Waals surface area contributed by atoms with Gasteiger partial charge in [-0.05, 0) is 31.4 Å². The first-order valence-electron chi connectivity index (χ1n) is 9.79. The van der Waals surface area contributed by atoms with Crippen LogP contribution in [0.3, 0.4) is 0 Å². The fourth-order valence-corrected chi connectivity index (χ4v) is 4.35. The molecule has 0 amide bonds.